The number of hydrogen-bond donors (Lipinski definition) is 2. The molecule has 0 radical (unpaired) electrons. The van der Waals surface area contributed by atoms with Crippen LogP contribution in [0.25, 0.3) is 0 Å². The van der Waals surface area contributed by atoms with Crippen LogP contribution in [0.3, 0.4) is 0 Å². The molecule has 0 aromatic carbocycles. The van der Waals surface area contributed by atoms with Gasteiger partial charge in [-0.05, 0) is 12.1 Å². The third-order valence-corrected chi connectivity index (χ3v) is 1.51. The summed E-state index contributed by atoms with van der Waals surface area (Å²) in [7, 11) is 1.85. The standard InChI is InChI=1S/C8H12N2O/c1-9-7-3-2-5-10-8(7)4-6-11/h2-3,5,9,11H,4,6H2,1H3. The molecule has 0 bridgehead atoms. The summed E-state index contributed by atoms with van der Waals surface area (Å²) in [6.45, 7) is 0.145. The highest BCUT2D eigenvalue weighted by Crippen LogP contribution is 2.10. The molecule has 0 aliphatic carbocycles. The van der Waals surface area contributed by atoms with Gasteiger partial charge in [0.15, 0.2) is 0 Å². The lowest BCUT2D eigenvalue weighted by Gasteiger charge is -2.04. The van der Waals surface area contributed by atoms with Crippen LogP contribution in [0.2, 0.25) is 0 Å². The molecule has 60 valence electrons. The first-order valence-corrected chi connectivity index (χ1v) is 3.61. The molecule has 1 rings (SSSR count). The van der Waals surface area contributed by atoms with Crippen LogP contribution in [-0.4, -0.2) is 23.7 Å². The van der Waals surface area contributed by atoms with E-state index in [1.807, 2.05) is 19.2 Å². The van der Waals surface area contributed by atoms with Gasteiger partial charge in [0.05, 0.1) is 11.4 Å². The van der Waals surface area contributed by atoms with Crippen molar-refractivity contribution in [3.05, 3.63) is 24.0 Å². The molecule has 0 spiro atoms. The van der Waals surface area contributed by atoms with Crippen LogP contribution in [-0.2, 0) is 6.42 Å². The van der Waals surface area contributed by atoms with Crippen molar-refractivity contribution in [1.82, 2.24) is 4.98 Å². The number of nitrogens with zero attached hydrogens (tertiary/aromatic N) is 1. The Morgan fingerprint density at radius 1 is 1.64 bits per heavy atom. The second-order valence-electron chi connectivity index (χ2n) is 2.22. The zero-order valence-electron chi connectivity index (χ0n) is 6.54. The van der Waals surface area contributed by atoms with Gasteiger partial charge < -0.3 is 10.4 Å². The maximum absolute atomic E-state index is 8.67. The van der Waals surface area contributed by atoms with Crippen molar-refractivity contribution < 1.29 is 5.11 Å². The van der Waals surface area contributed by atoms with E-state index in [4.69, 9.17) is 5.11 Å². The Morgan fingerprint density at radius 2 is 2.45 bits per heavy atom. The smallest absolute Gasteiger partial charge is 0.0657 e. The number of aliphatic hydroxyl groups is 1. The first-order chi connectivity index (χ1) is 5.38. The molecule has 0 aliphatic rings. The minimum Gasteiger partial charge on any atom is -0.396 e. The number of aromatic nitrogens is 1. The largest absolute Gasteiger partial charge is 0.396 e. The molecule has 0 atom stereocenters. The van der Waals surface area contributed by atoms with Crippen LogP contribution in [0.5, 0.6) is 0 Å². The van der Waals surface area contributed by atoms with Crippen LogP contribution in [0.4, 0.5) is 5.69 Å². The van der Waals surface area contributed by atoms with Crippen molar-refractivity contribution in [1.29, 1.82) is 0 Å². The average molecular weight is 152 g/mol. The number of rotatable bonds is 3. The molecule has 1 aromatic heterocycles. The zero-order valence-corrected chi connectivity index (χ0v) is 6.54. The molecule has 3 heteroatoms. The van der Waals surface area contributed by atoms with Crippen LogP contribution < -0.4 is 5.32 Å². The van der Waals surface area contributed by atoms with E-state index in [1.54, 1.807) is 6.20 Å². The molecule has 0 aliphatic heterocycles. The summed E-state index contributed by atoms with van der Waals surface area (Å²) < 4.78 is 0. The first-order valence-electron chi connectivity index (χ1n) is 3.61. The highest BCUT2D eigenvalue weighted by atomic mass is 16.3. The first kappa shape index (κ1) is 8.01. The summed E-state index contributed by atoms with van der Waals surface area (Å²) >= 11 is 0. The lowest BCUT2D eigenvalue weighted by molar-refractivity contribution is 0.298. The SMILES string of the molecule is CNc1cccnc1CCO. The Kier molecular flexibility index (Phi) is 2.86. The summed E-state index contributed by atoms with van der Waals surface area (Å²) in [5.74, 6) is 0. The average Bonchev–Trinajstić information content (AvgIpc) is 2.06. The van der Waals surface area contributed by atoms with Gasteiger partial charge in [0, 0.05) is 26.3 Å². The molecule has 1 aromatic rings. The molecule has 0 amide bonds. The fourth-order valence-corrected chi connectivity index (χ4v) is 0.971. The van der Waals surface area contributed by atoms with Crippen molar-refractivity contribution in [2.45, 2.75) is 6.42 Å². The Bertz CT molecular complexity index is 225. The van der Waals surface area contributed by atoms with Crippen molar-refractivity contribution in [2.24, 2.45) is 0 Å². The topological polar surface area (TPSA) is 45.2 Å². The maximum Gasteiger partial charge on any atom is 0.0657 e. The summed E-state index contributed by atoms with van der Waals surface area (Å²) in [6, 6.07) is 3.81. The second kappa shape index (κ2) is 3.93. The fraction of sp³-hybridized carbons (Fsp3) is 0.375. The number of aliphatic hydroxyl groups excluding tert-OH is 1. The Labute approximate surface area is 66.1 Å². The second-order valence-corrected chi connectivity index (χ2v) is 2.22. The Hall–Kier alpha value is -1.09. The minimum atomic E-state index is 0.145. The van der Waals surface area contributed by atoms with Crippen LogP contribution in [0, 0.1) is 0 Å². The van der Waals surface area contributed by atoms with Crippen molar-refractivity contribution in [3.63, 3.8) is 0 Å². The van der Waals surface area contributed by atoms with E-state index in [-0.39, 0.29) is 6.61 Å². The lowest BCUT2D eigenvalue weighted by Crippen LogP contribution is -2.00. The summed E-state index contributed by atoms with van der Waals surface area (Å²) in [6.07, 6.45) is 2.34. The molecule has 1 heterocycles. The normalized spacial score (nSPS) is 9.64. The van der Waals surface area contributed by atoms with Crippen LogP contribution >= 0.6 is 0 Å². The van der Waals surface area contributed by atoms with E-state index in [0.29, 0.717) is 6.42 Å². The van der Waals surface area contributed by atoms with Crippen molar-refractivity contribution in [3.8, 4) is 0 Å². The molecular formula is C8H12N2O. The number of nitrogens with one attached hydrogen (secondary N) is 1. The zero-order chi connectivity index (χ0) is 8.10. The van der Waals surface area contributed by atoms with Gasteiger partial charge in [0.25, 0.3) is 0 Å². The Balaban J connectivity index is 2.83. The van der Waals surface area contributed by atoms with Gasteiger partial charge in [-0.15, -0.1) is 0 Å². The Morgan fingerprint density at radius 3 is 3.09 bits per heavy atom. The highest BCUT2D eigenvalue weighted by Gasteiger charge is 1.98. The van der Waals surface area contributed by atoms with E-state index >= 15 is 0 Å². The number of anilines is 1. The minimum absolute atomic E-state index is 0.145. The third-order valence-electron chi connectivity index (χ3n) is 1.51. The van der Waals surface area contributed by atoms with E-state index in [2.05, 4.69) is 10.3 Å². The molecule has 2 N–H and O–H groups in total. The fourth-order valence-electron chi connectivity index (χ4n) is 0.971. The van der Waals surface area contributed by atoms with Crippen LogP contribution in [0.1, 0.15) is 5.69 Å². The lowest BCUT2D eigenvalue weighted by atomic mass is 10.2. The molecule has 3 nitrogen and oxygen atoms in total. The molecular weight excluding hydrogens is 140 g/mol. The molecule has 11 heavy (non-hydrogen) atoms. The predicted molar refractivity (Wildman–Crippen MR) is 44.6 cm³/mol. The van der Waals surface area contributed by atoms with Gasteiger partial charge in [0.1, 0.15) is 0 Å². The summed E-state index contributed by atoms with van der Waals surface area (Å²) in [5, 5.41) is 11.7. The van der Waals surface area contributed by atoms with Crippen molar-refractivity contribution >= 4 is 5.69 Å². The van der Waals surface area contributed by atoms with Gasteiger partial charge in [-0.1, -0.05) is 0 Å². The molecule has 0 unspecified atom stereocenters. The van der Waals surface area contributed by atoms with Crippen LogP contribution in [0.15, 0.2) is 18.3 Å². The van der Waals surface area contributed by atoms with E-state index in [9.17, 15) is 0 Å². The third kappa shape index (κ3) is 1.91. The van der Waals surface area contributed by atoms with E-state index in [0.717, 1.165) is 11.4 Å². The van der Waals surface area contributed by atoms with E-state index in [1.165, 1.54) is 0 Å². The van der Waals surface area contributed by atoms with Gasteiger partial charge in [-0.2, -0.15) is 0 Å². The van der Waals surface area contributed by atoms with Crippen molar-refractivity contribution in [2.75, 3.05) is 19.0 Å². The predicted octanol–water partition coefficient (Wildman–Crippen LogP) is 0.658. The monoisotopic (exact) mass is 152 g/mol. The van der Waals surface area contributed by atoms with Gasteiger partial charge >= 0.3 is 0 Å². The quantitative estimate of drug-likeness (QED) is 0.668. The molecule has 0 saturated heterocycles. The van der Waals surface area contributed by atoms with Gasteiger partial charge in [-0.3, -0.25) is 4.98 Å². The number of pyridine rings is 1. The maximum atomic E-state index is 8.67. The van der Waals surface area contributed by atoms with Gasteiger partial charge in [0.2, 0.25) is 0 Å². The van der Waals surface area contributed by atoms with E-state index < -0.39 is 0 Å². The summed E-state index contributed by atoms with van der Waals surface area (Å²) in [5.41, 5.74) is 1.90. The molecule has 0 saturated carbocycles. The summed E-state index contributed by atoms with van der Waals surface area (Å²) in [4.78, 5) is 4.12. The number of hydrogen-bond acceptors (Lipinski definition) is 3. The highest BCUT2D eigenvalue weighted by molar-refractivity contribution is 5.46. The van der Waals surface area contributed by atoms with Gasteiger partial charge in [-0.25, -0.2) is 0 Å². The molecule has 0 fully saturated rings.